The first kappa shape index (κ1) is 15.0. The minimum atomic E-state index is -2.02. The predicted octanol–water partition coefficient (Wildman–Crippen LogP) is 1.77. The van der Waals surface area contributed by atoms with Crippen LogP contribution >= 0.6 is 0 Å². The highest BCUT2D eigenvalue weighted by molar-refractivity contribution is 4.99. The second kappa shape index (κ2) is 6.34. The van der Waals surface area contributed by atoms with Crippen LogP contribution in [0.25, 0.3) is 0 Å². The van der Waals surface area contributed by atoms with Crippen molar-refractivity contribution in [3.8, 4) is 0 Å². The van der Waals surface area contributed by atoms with Gasteiger partial charge in [-0.25, -0.2) is 0 Å². The van der Waals surface area contributed by atoms with E-state index in [4.69, 9.17) is 8.83 Å². The van der Waals surface area contributed by atoms with Gasteiger partial charge in [0.2, 0.25) is 11.5 Å². The molecule has 0 N–H and O–H groups in total. The molecule has 0 aromatic carbocycles. The smallest absolute Gasteiger partial charge is 0.458 e. The summed E-state index contributed by atoms with van der Waals surface area (Å²) in [6, 6.07) is 5.07. The molecule has 0 aliphatic heterocycles. The summed E-state index contributed by atoms with van der Waals surface area (Å²) in [4.78, 5) is 39.9. The summed E-state index contributed by atoms with van der Waals surface area (Å²) in [5.41, 5.74) is 0. The van der Waals surface area contributed by atoms with E-state index in [1.807, 2.05) is 0 Å². The Morgan fingerprint density at radius 3 is 1.55 bits per heavy atom. The fraction of sp³-hybridized carbons (Fsp3) is 0.200. The fourth-order valence-electron chi connectivity index (χ4n) is 1.44. The Morgan fingerprint density at radius 1 is 0.864 bits per heavy atom. The molecule has 116 valence electrons. The minimum absolute atomic E-state index is 0.287. The van der Waals surface area contributed by atoms with Crippen LogP contribution in [0.5, 0.6) is 0 Å². The van der Waals surface area contributed by atoms with E-state index in [2.05, 4.69) is 9.68 Å². The Morgan fingerprint density at radius 2 is 1.27 bits per heavy atom. The van der Waals surface area contributed by atoms with Crippen molar-refractivity contribution in [3.05, 3.63) is 73.4 Å². The standard InChI is InChI=1S/C10H8N3O9/c14-11(15)9(7-3-1-5-19-7)21-13(18)22-10(12(16)17)8-4-2-6-20-8/h1-6,9-10H/q+1. The zero-order valence-electron chi connectivity index (χ0n) is 10.6. The van der Waals surface area contributed by atoms with Crippen LogP contribution in [0, 0.1) is 25.1 Å². The van der Waals surface area contributed by atoms with E-state index in [9.17, 15) is 25.1 Å². The molecule has 2 unspecified atom stereocenters. The number of hydrogen-bond donors (Lipinski definition) is 0. The summed E-state index contributed by atoms with van der Waals surface area (Å²) in [6.07, 6.45) is -1.77. The molecule has 0 bridgehead atoms. The van der Waals surface area contributed by atoms with Crippen molar-refractivity contribution in [1.82, 2.24) is 0 Å². The minimum Gasteiger partial charge on any atom is -0.458 e. The van der Waals surface area contributed by atoms with Gasteiger partial charge in [0.25, 0.3) is 0 Å². The molecule has 2 rings (SSSR count). The molecule has 0 saturated heterocycles. The van der Waals surface area contributed by atoms with Crippen LogP contribution in [-0.4, -0.2) is 14.9 Å². The van der Waals surface area contributed by atoms with Crippen LogP contribution in [0.2, 0.25) is 0 Å². The van der Waals surface area contributed by atoms with E-state index in [0.29, 0.717) is 0 Å². The van der Waals surface area contributed by atoms with Gasteiger partial charge < -0.3 is 8.83 Å². The molecule has 2 aromatic rings. The molecule has 0 spiro atoms. The van der Waals surface area contributed by atoms with Crippen molar-refractivity contribution in [2.75, 3.05) is 0 Å². The first-order chi connectivity index (χ1) is 10.5. The lowest BCUT2D eigenvalue weighted by atomic mass is 10.4. The monoisotopic (exact) mass is 314 g/mol. The molecule has 12 heteroatoms. The Kier molecular flexibility index (Phi) is 4.31. The van der Waals surface area contributed by atoms with Gasteiger partial charge in [-0.2, -0.15) is 0 Å². The van der Waals surface area contributed by atoms with Crippen molar-refractivity contribution in [2.45, 2.75) is 12.5 Å². The van der Waals surface area contributed by atoms with Crippen molar-refractivity contribution in [3.63, 3.8) is 0 Å². The van der Waals surface area contributed by atoms with Crippen molar-refractivity contribution >= 4 is 0 Å². The fourth-order valence-corrected chi connectivity index (χ4v) is 1.44. The molecular weight excluding hydrogens is 306 g/mol. The highest BCUT2D eigenvalue weighted by atomic mass is 17.0. The summed E-state index contributed by atoms with van der Waals surface area (Å²) in [6.45, 7) is 0. The Labute approximate surface area is 120 Å². The summed E-state index contributed by atoms with van der Waals surface area (Å²) >= 11 is 0. The van der Waals surface area contributed by atoms with E-state index in [0.717, 1.165) is 12.5 Å². The van der Waals surface area contributed by atoms with Crippen molar-refractivity contribution in [1.29, 1.82) is 0 Å². The van der Waals surface area contributed by atoms with Crippen LogP contribution in [0.15, 0.2) is 45.6 Å². The van der Waals surface area contributed by atoms with Crippen LogP contribution in [0.1, 0.15) is 24.0 Å². The first-order valence-corrected chi connectivity index (χ1v) is 5.63. The van der Waals surface area contributed by atoms with Gasteiger partial charge in [0.15, 0.2) is 0 Å². The largest absolute Gasteiger partial charge is 0.492 e. The SMILES string of the molecule is O=[N+](OC(c1ccco1)[N+](=O)[O-])OC(c1ccco1)[N+](=O)[O-]. The molecular formula is C10H8N3O9+. The molecule has 0 saturated carbocycles. The Balaban J connectivity index is 2.07. The zero-order valence-corrected chi connectivity index (χ0v) is 10.6. The van der Waals surface area contributed by atoms with E-state index < -0.39 is 27.4 Å². The maximum atomic E-state index is 11.4. The highest BCUT2D eigenvalue weighted by Crippen LogP contribution is 2.22. The highest BCUT2D eigenvalue weighted by Gasteiger charge is 2.43. The van der Waals surface area contributed by atoms with Gasteiger partial charge >= 0.3 is 17.5 Å². The number of nitro groups is 2. The summed E-state index contributed by atoms with van der Waals surface area (Å²) in [5.74, 6) is -0.574. The molecule has 0 radical (unpaired) electrons. The maximum absolute atomic E-state index is 11.4. The molecule has 0 aliphatic carbocycles. The molecule has 2 atom stereocenters. The van der Waals surface area contributed by atoms with Gasteiger partial charge in [0, 0.05) is 0 Å². The number of rotatable bonds is 8. The number of hydrogen-bond acceptors (Lipinski definition) is 9. The molecule has 2 heterocycles. The van der Waals surface area contributed by atoms with Gasteiger partial charge in [-0.15, -0.1) is 0 Å². The predicted molar refractivity (Wildman–Crippen MR) is 62.7 cm³/mol. The van der Waals surface area contributed by atoms with Crippen LogP contribution in [-0.2, 0) is 9.68 Å². The van der Waals surface area contributed by atoms with Gasteiger partial charge in [-0.3, -0.25) is 20.2 Å². The number of furan rings is 2. The molecule has 22 heavy (non-hydrogen) atoms. The normalized spacial score (nSPS) is 13.1. The van der Waals surface area contributed by atoms with Gasteiger partial charge in [-0.05, 0) is 24.3 Å². The van der Waals surface area contributed by atoms with Crippen LogP contribution < -0.4 is 0 Å². The van der Waals surface area contributed by atoms with E-state index in [1.54, 1.807) is 0 Å². The topological polar surface area (TPSA) is 151 Å². The second-order valence-electron chi connectivity index (χ2n) is 3.74. The zero-order chi connectivity index (χ0) is 16.1. The average molecular weight is 314 g/mol. The molecule has 12 nitrogen and oxygen atoms in total. The lowest BCUT2D eigenvalue weighted by Crippen LogP contribution is -2.25. The summed E-state index contributed by atoms with van der Waals surface area (Å²) in [5, 5.41) is 20.9. The van der Waals surface area contributed by atoms with Crippen molar-refractivity contribution < 1.29 is 33.4 Å². The lowest BCUT2D eigenvalue weighted by molar-refractivity contribution is -1.04. The quantitative estimate of drug-likeness (QED) is 0.403. The summed E-state index contributed by atoms with van der Waals surface area (Å²) < 4.78 is 9.48. The van der Waals surface area contributed by atoms with Gasteiger partial charge in [0.1, 0.15) is 4.91 Å². The molecule has 0 fully saturated rings. The third-order valence-electron chi connectivity index (χ3n) is 2.33. The second-order valence-corrected chi connectivity index (χ2v) is 3.74. The number of nitrogens with zero attached hydrogens (tertiary/aromatic N) is 3. The lowest BCUT2D eigenvalue weighted by Gasteiger charge is -2.02. The van der Waals surface area contributed by atoms with Crippen LogP contribution in [0.3, 0.4) is 0 Å². The average Bonchev–Trinajstić information content (AvgIpc) is 3.14. The first-order valence-electron chi connectivity index (χ1n) is 5.63. The van der Waals surface area contributed by atoms with E-state index in [-0.39, 0.29) is 11.5 Å². The van der Waals surface area contributed by atoms with Crippen LogP contribution in [0.4, 0.5) is 0 Å². The Bertz CT molecular complexity index is 595. The third kappa shape index (κ3) is 3.36. The Hall–Kier alpha value is -3.44. The van der Waals surface area contributed by atoms with E-state index >= 15 is 0 Å². The van der Waals surface area contributed by atoms with Crippen molar-refractivity contribution in [2.24, 2.45) is 0 Å². The maximum Gasteiger partial charge on any atom is 0.492 e. The molecule has 2 aromatic heterocycles. The van der Waals surface area contributed by atoms with Gasteiger partial charge in [-0.1, -0.05) is 9.68 Å². The molecule has 0 amide bonds. The third-order valence-corrected chi connectivity index (χ3v) is 2.33. The summed E-state index contributed by atoms with van der Waals surface area (Å²) in [7, 11) is 0. The van der Waals surface area contributed by atoms with E-state index in [1.165, 1.54) is 24.3 Å². The molecule has 0 aliphatic rings. The van der Waals surface area contributed by atoms with Gasteiger partial charge in [0.05, 0.1) is 22.4 Å².